The molecule has 2 N–H and O–H groups in total. The molecule has 0 spiro atoms. The zero-order valence-electron chi connectivity index (χ0n) is 11.2. The van der Waals surface area contributed by atoms with Crippen LogP contribution >= 0.6 is 0 Å². The van der Waals surface area contributed by atoms with Crippen molar-refractivity contribution in [3.05, 3.63) is 34.9 Å². The summed E-state index contributed by atoms with van der Waals surface area (Å²) >= 11 is 0. The number of hydrogen-bond donors (Lipinski definition) is 1. The largest absolute Gasteiger partial charge is 0.326 e. The molecule has 0 saturated heterocycles. The van der Waals surface area contributed by atoms with Crippen LogP contribution in [-0.2, 0) is 6.54 Å². The Morgan fingerprint density at radius 3 is 2.65 bits per heavy atom. The first-order valence-electron chi connectivity index (χ1n) is 6.60. The van der Waals surface area contributed by atoms with E-state index >= 15 is 0 Å². The van der Waals surface area contributed by atoms with Gasteiger partial charge in [0.1, 0.15) is 0 Å². The predicted molar refractivity (Wildman–Crippen MR) is 73.0 cm³/mol. The van der Waals surface area contributed by atoms with Gasteiger partial charge in [0.05, 0.1) is 0 Å². The van der Waals surface area contributed by atoms with Gasteiger partial charge >= 0.3 is 0 Å². The molecule has 0 bridgehead atoms. The Labute approximate surface area is 105 Å². The third kappa shape index (κ3) is 2.88. The maximum Gasteiger partial charge on any atom is 0.0247 e. The van der Waals surface area contributed by atoms with Crippen LogP contribution in [-0.4, -0.2) is 24.0 Å². The average molecular weight is 232 g/mol. The molecule has 2 atom stereocenters. The summed E-state index contributed by atoms with van der Waals surface area (Å²) in [6.45, 7) is 5.36. The highest BCUT2D eigenvalue weighted by Gasteiger charge is 2.27. The predicted octanol–water partition coefficient (Wildman–Crippen LogP) is 2.62. The third-order valence-corrected chi connectivity index (χ3v) is 4.02. The minimum Gasteiger partial charge on any atom is -0.326 e. The Morgan fingerprint density at radius 2 is 2.06 bits per heavy atom. The van der Waals surface area contributed by atoms with Crippen molar-refractivity contribution >= 4 is 0 Å². The summed E-state index contributed by atoms with van der Waals surface area (Å²) in [7, 11) is 2.20. The highest BCUT2D eigenvalue weighted by Crippen LogP contribution is 2.23. The smallest absolute Gasteiger partial charge is 0.0247 e. The lowest BCUT2D eigenvalue weighted by Gasteiger charge is -2.28. The minimum atomic E-state index is 0.366. The van der Waals surface area contributed by atoms with Crippen LogP contribution in [0.4, 0.5) is 0 Å². The quantitative estimate of drug-likeness (QED) is 0.868. The van der Waals surface area contributed by atoms with Crippen molar-refractivity contribution in [3.8, 4) is 0 Å². The highest BCUT2D eigenvalue weighted by atomic mass is 15.1. The second kappa shape index (κ2) is 5.19. The molecule has 1 aliphatic carbocycles. The molecule has 1 aromatic carbocycles. The number of hydrogen-bond acceptors (Lipinski definition) is 2. The first-order chi connectivity index (χ1) is 8.08. The van der Waals surface area contributed by atoms with Crippen LogP contribution in [0.2, 0.25) is 0 Å². The Kier molecular flexibility index (Phi) is 3.85. The topological polar surface area (TPSA) is 29.3 Å². The zero-order valence-corrected chi connectivity index (χ0v) is 11.2. The van der Waals surface area contributed by atoms with Gasteiger partial charge in [-0.2, -0.15) is 0 Å². The van der Waals surface area contributed by atoms with Gasteiger partial charge in [0, 0.05) is 18.6 Å². The Hall–Kier alpha value is -0.860. The van der Waals surface area contributed by atoms with Crippen molar-refractivity contribution in [2.75, 3.05) is 7.05 Å². The highest BCUT2D eigenvalue weighted by molar-refractivity contribution is 5.30. The molecule has 2 unspecified atom stereocenters. The summed E-state index contributed by atoms with van der Waals surface area (Å²) in [4.78, 5) is 2.43. The summed E-state index contributed by atoms with van der Waals surface area (Å²) in [5.41, 5.74) is 10.3. The van der Waals surface area contributed by atoms with Crippen molar-refractivity contribution in [2.24, 2.45) is 5.73 Å². The number of aryl methyl sites for hydroxylation is 2. The summed E-state index contributed by atoms with van der Waals surface area (Å²) in [6, 6.07) is 7.64. The number of rotatable bonds is 3. The van der Waals surface area contributed by atoms with Crippen LogP contribution < -0.4 is 5.73 Å². The van der Waals surface area contributed by atoms with Crippen molar-refractivity contribution < 1.29 is 0 Å². The van der Waals surface area contributed by atoms with Gasteiger partial charge in [-0.25, -0.2) is 0 Å². The summed E-state index contributed by atoms with van der Waals surface area (Å²) in [5, 5.41) is 0. The van der Waals surface area contributed by atoms with E-state index in [4.69, 9.17) is 5.73 Å². The van der Waals surface area contributed by atoms with E-state index in [1.54, 1.807) is 0 Å². The molecule has 94 valence electrons. The lowest BCUT2D eigenvalue weighted by Crippen LogP contribution is -2.41. The molecule has 1 saturated carbocycles. The van der Waals surface area contributed by atoms with Gasteiger partial charge in [-0.15, -0.1) is 0 Å². The maximum absolute atomic E-state index is 6.15. The Balaban J connectivity index is 2.04. The second-order valence-corrected chi connectivity index (χ2v) is 5.51. The van der Waals surface area contributed by atoms with Crippen LogP contribution in [0.1, 0.15) is 36.0 Å². The molecular weight excluding hydrogens is 208 g/mol. The molecule has 0 aliphatic heterocycles. The lowest BCUT2D eigenvalue weighted by molar-refractivity contribution is 0.220. The Bertz CT molecular complexity index is 387. The van der Waals surface area contributed by atoms with Gasteiger partial charge in [-0.05, 0) is 44.9 Å². The van der Waals surface area contributed by atoms with E-state index in [2.05, 4.69) is 44.0 Å². The van der Waals surface area contributed by atoms with Gasteiger partial charge in [-0.1, -0.05) is 30.2 Å². The van der Waals surface area contributed by atoms with Crippen LogP contribution in [0.15, 0.2) is 18.2 Å². The number of likely N-dealkylation sites (N-methyl/N-ethyl adjacent to an activating group) is 1. The molecule has 0 heterocycles. The number of nitrogens with zero attached hydrogens (tertiary/aromatic N) is 1. The van der Waals surface area contributed by atoms with E-state index in [-0.39, 0.29) is 0 Å². The summed E-state index contributed by atoms with van der Waals surface area (Å²) in [6.07, 6.45) is 3.72. The van der Waals surface area contributed by atoms with Crippen LogP contribution in [0.5, 0.6) is 0 Å². The minimum absolute atomic E-state index is 0.366. The molecule has 2 rings (SSSR count). The van der Waals surface area contributed by atoms with E-state index in [1.807, 2.05) is 0 Å². The van der Waals surface area contributed by atoms with Gasteiger partial charge in [0.2, 0.25) is 0 Å². The molecule has 17 heavy (non-hydrogen) atoms. The van der Waals surface area contributed by atoms with Crippen molar-refractivity contribution in [1.29, 1.82) is 0 Å². The van der Waals surface area contributed by atoms with Crippen molar-refractivity contribution in [2.45, 2.75) is 51.7 Å². The van der Waals surface area contributed by atoms with E-state index in [0.717, 1.165) is 6.54 Å². The van der Waals surface area contributed by atoms with E-state index < -0.39 is 0 Å². The molecular formula is C15H24N2. The molecule has 1 aliphatic rings. The van der Waals surface area contributed by atoms with Gasteiger partial charge in [0.15, 0.2) is 0 Å². The molecule has 1 fully saturated rings. The van der Waals surface area contributed by atoms with Gasteiger partial charge in [0.25, 0.3) is 0 Å². The molecule has 0 amide bonds. The summed E-state index contributed by atoms with van der Waals surface area (Å²) < 4.78 is 0. The fourth-order valence-corrected chi connectivity index (χ4v) is 2.93. The molecule has 2 heteroatoms. The van der Waals surface area contributed by atoms with Crippen molar-refractivity contribution in [3.63, 3.8) is 0 Å². The standard InChI is InChI=1S/C15H24N2/c1-11-7-8-13(12(2)9-11)10-17(3)15-6-4-5-14(15)16/h7-9,14-15H,4-6,10,16H2,1-3H3. The summed E-state index contributed by atoms with van der Waals surface area (Å²) in [5.74, 6) is 0. The monoisotopic (exact) mass is 232 g/mol. The van der Waals surface area contributed by atoms with Crippen LogP contribution in [0.25, 0.3) is 0 Å². The second-order valence-electron chi connectivity index (χ2n) is 5.51. The molecule has 0 radical (unpaired) electrons. The van der Waals surface area contributed by atoms with Gasteiger partial charge in [-0.3, -0.25) is 4.90 Å². The third-order valence-electron chi connectivity index (χ3n) is 4.02. The first kappa shape index (κ1) is 12.6. The molecule has 1 aromatic rings. The van der Waals surface area contributed by atoms with Crippen LogP contribution in [0, 0.1) is 13.8 Å². The normalized spacial score (nSPS) is 24.5. The van der Waals surface area contributed by atoms with Crippen LogP contribution in [0.3, 0.4) is 0 Å². The fraction of sp³-hybridized carbons (Fsp3) is 0.600. The number of benzene rings is 1. The maximum atomic E-state index is 6.15. The van der Waals surface area contributed by atoms with E-state index in [1.165, 1.54) is 36.0 Å². The molecule has 2 nitrogen and oxygen atoms in total. The fourth-order valence-electron chi connectivity index (χ4n) is 2.93. The SMILES string of the molecule is Cc1ccc(CN(C)C2CCCC2N)c(C)c1. The van der Waals surface area contributed by atoms with Crippen molar-refractivity contribution in [1.82, 2.24) is 4.90 Å². The molecule has 0 aromatic heterocycles. The van der Waals surface area contributed by atoms with Gasteiger partial charge < -0.3 is 5.73 Å². The first-order valence-corrected chi connectivity index (χ1v) is 6.60. The zero-order chi connectivity index (χ0) is 12.4. The average Bonchev–Trinajstić information content (AvgIpc) is 2.68. The van der Waals surface area contributed by atoms with E-state index in [0.29, 0.717) is 12.1 Å². The lowest BCUT2D eigenvalue weighted by atomic mass is 10.0. The Morgan fingerprint density at radius 1 is 1.29 bits per heavy atom. The van der Waals surface area contributed by atoms with E-state index in [9.17, 15) is 0 Å². The number of nitrogens with two attached hydrogens (primary N) is 1.